The number of benzene rings is 2. The van der Waals surface area contributed by atoms with Gasteiger partial charge < -0.3 is 19.3 Å². The molecule has 7 rings (SSSR count). The summed E-state index contributed by atoms with van der Waals surface area (Å²) >= 11 is 1.54. The number of anilines is 1. The van der Waals surface area contributed by atoms with Gasteiger partial charge in [-0.2, -0.15) is 0 Å². The third-order valence-corrected chi connectivity index (χ3v) is 9.42. The van der Waals surface area contributed by atoms with Crippen molar-refractivity contribution in [3.63, 3.8) is 0 Å². The van der Waals surface area contributed by atoms with Crippen molar-refractivity contribution in [3.05, 3.63) is 64.9 Å². The molecule has 2 aliphatic carbocycles. The van der Waals surface area contributed by atoms with Crippen LogP contribution >= 0.6 is 11.3 Å². The Morgan fingerprint density at radius 3 is 2.66 bits per heavy atom. The lowest BCUT2D eigenvalue weighted by Gasteiger charge is -2.46. The molecule has 0 radical (unpaired) electrons. The molecule has 2 fully saturated rings. The van der Waals surface area contributed by atoms with Crippen molar-refractivity contribution in [2.24, 2.45) is 5.41 Å². The molecule has 2 aromatic carbocycles. The van der Waals surface area contributed by atoms with Crippen molar-refractivity contribution in [3.8, 4) is 17.0 Å². The summed E-state index contributed by atoms with van der Waals surface area (Å²) in [6.45, 7) is 3.97. The zero-order chi connectivity index (χ0) is 26.0. The van der Waals surface area contributed by atoms with Crippen LogP contribution in [-0.4, -0.2) is 41.4 Å². The second-order valence-electron chi connectivity index (χ2n) is 10.9. The average molecular weight is 528 g/mol. The predicted octanol–water partition coefficient (Wildman–Crippen LogP) is 6.92. The Labute approximate surface area is 224 Å². The largest absolute Gasteiger partial charge is 0.494 e. The van der Waals surface area contributed by atoms with Crippen molar-refractivity contribution >= 4 is 38.2 Å². The highest BCUT2D eigenvalue weighted by Crippen LogP contribution is 2.56. The van der Waals surface area contributed by atoms with Crippen molar-refractivity contribution < 1.29 is 19.2 Å². The summed E-state index contributed by atoms with van der Waals surface area (Å²) in [6, 6.07) is 11.7. The van der Waals surface area contributed by atoms with Crippen LogP contribution in [0.1, 0.15) is 65.3 Å². The van der Waals surface area contributed by atoms with E-state index in [4.69, 9.17) is 14.2 Å². The number of aryl methyl sites for hydroxylation is 1. The van der Waals surface area contributed by atoms with Crippen molar-refractivity contribution in [2.45, 2.75) is 44.9 Å². The molecule has 0 unspecified atom stereocenters. The SMILES string of the molecule is COc1cc(C(=O)O)cc2sc(N3CCC4(C=C(c5c(-c6ccccc6C)noc5C5CC5)C4)CC3)nc12. The fraction of sp³-hybridized carbons (Fsp3) is 0.367. The number of nitrogens with zero attached hydrogens (tertiary/aromatic N) is 3. The van der Waals surface area contributed by atoms with E-state index in [1.54, 1.807) is 19.2 Å². The summed E-state index contributed by atoms with van der Waals surface area (Å²) in [7, 11) is 1.55. The second kappa shape index (κ2) is 8.70. The Morgan fingerprint density at radius 2 is 1.97 bits per heavy atom. The summed E-state index contributed by atoms with van der Waals surface area (Å²) < 4.78 is 12.2. The zero-order valence-electron chi connectivity index (χ0n) is 21.5. The molecular formula is C30H29N3O4S. The van der Waals surface area contributed by atoms with Crippen LogP contribution in [0.4, 0.5) is 5.13 Å². The monoisotopic (exact) mass is 527 g/mol. The maximum absolute atomic E-state index is 11.5. The maximum atomic E-state index is 11.5. The molecule has 2 aromatic heterocycles. The van der Waals surface area contributed by atoms with Gasteiger partial charge in [-0.05, 0) is 67.7 Å². The number of hydrogen-bond donors (Lipinski definition) is 1. The highest BCUT2D eigenvalue weighted by Gasteiger charge is 2.44. The number of fused-ring (bicyclic) bond motifs is 1. The number of thiazole rings is 1. The number of carbonyl (C=O) groups is 1. The molecule has 1 N–H and O–H groups in total. The third-order valence-electron chi connectivity index (χ3n) is 8.36. The molecule has 7 nitrogen and oxygen atoms in total. The van der Waals surface area contributed by atoms with Gasteiger partial charge in [-0.25, -0.2) is 9.78 Å². The number of allylic oxidation sites excluding steroid dienone is 2. The van der Waals surface area contributed by atoms with Crippen LogP contribution in [0.3, 0.4) is 0 Å². The minimum Gasteiger partial charge on any atom is -0.494 e. The molecule has 194 valence electrons. The summed E-state index contributed by atoms with van der Waals surface area (Å²) in [4.78, 5) is 18.7. The van der Waals surface area contributed by atoms with Gasteiger partial charge in [0, 0.05) is 30.1 Å². The van der Waals surface area contributed by atoms with E-state index in [2.05, 4.69) is 47.3 Å². The summed E-state index contributed by atoms with van der Waals surface area (Å²) in [5.74, 6) is 1.13. The molecule has 1 saturated heterocycles. The molecular weight excluding hydrogens is 498 g/mol. The summed E-state index contributed by atoms with van der Waals surface area (Å²) in [5.41, 5.74) is 7.15. The molecule has 0 amide bonds. The lowest BCUT2D eigenvalue weighted by Crippen LogP contribution is -2.42. The summed E-state index contributed by atoms with van der Waals surface area (Å²) in [5, 5.41) is 14.9. The predicted molar refractivity (Wildman–Crippen MR) is 148 cm³/mol. The lowest BCUT2D eigenvalue weighted by molar-refractivity contribution is 0.0696. The van der Waals surface area contributed by atoms with E-state index < -0.39 is 5.97 Å². The number of aromatic nitrogens is 2. The molecule has 8 heteroatoms. The zero-order valence-corrected chi connectivity index (χ0v) is 22.3. The van der Waals surface area contributed by atoms with Crippen LogP contribution in [0.5, 0.6) is 5.75 Å². The Balaban J connectivity index is 1.13. The molecule has 4 aromatic rings. The highest BCUT2D eigenvalue weighted by molar-refractivity contribution is 7.22. The van der Waals surface area contributed by atoms with E-state index >= 15 is 0 Å². The second-order valence-corrected chi connectivity index (χ2v) is 11.9. The smallest absolute Gasteiger partial charge is 0.335 e. The van der Waals surface area contributed by atoms with Gasteiger partial charge in [-0.15, -0.1) is 0 Å². The third kappa shape index (κ3) is 3.81. The molecule has 1 spiro atoms. The van der Waals surface area contributed by atoms with Gasteiger partial charge in [0.15, 0.2) is 5.13 Å². The first-order chi connectivity index (χ1) is 18.4. The van der Waals surface area contributed by atoms with Gasteiger partial charge >= 0.3 is 5.97 Å². The number of hydrogen-bond acceptors (Lipinski definition) is 7. The number of rotatable bonds is 6. The quantitative estimate of drug-likeness (QED) is 0.291. The molecule has 3 aliphatic rings. The van der Waals surface area contributed by atoms with Gasteiger partial charge in [0.25, 0.3) is 0 Å². The topological polar surface area (TPSA) is 88.7 Å². The highest BCUT2D eigenvalue weighted by atomic mass is 32.1. The van der Waals surface area contributed by atoms with Crippen LogP contribution in [0.25, 0.3) is 27.0 Å². The number of ether oxygens (including phenoxy) is 1. The van der Waals surface area contributed by atoms with Crippen molar-refractivity contribution in [1.29, 1.82) is 0 Å². The first kappa shape index (κ1) is 23.5. The lowest BCUT2D eigenvalue weighted by atomic mass is 9.63. The normalized spacial score (nSPS) is 18.5. The van der Waals surface area contributed by atoms with Gasteiger partial charge in [0.2, 0.25) is 0 Å². The first-order valence-electron chi connectivity index (χ1n) is 13.2. The maximum Gasteiger partial charge on any atom is 0.335 e. The molecule has 1 saturated carbocycles. The van der Waals surface area contributed by atoms with E-state index in [-0.39, 0.29) is 11.0 Å². The van der Waals surface area contributed by atoms with Gasteiger partial charge in [0.05, 0.1) is 17.4 Å². The number of piperidine rings is 1. The molecule has 0 bridgehead atoms. The van der Waals surface area contributed by atoms with Crippen molar-refractivity contribution in [1.82, 2.24) is 10.1 Å². The summed E-state index contributed by atoms with van der Waals surface area (Å²) in [6.07, 6.45) is 8.04. The minimum absolute atomic E-state index is 0.206. The van der Waals surface area contributed by atoms with Crippen LogP contribution in [0.2, 0.25) is 0 Å². The molecule has 3 heterocycles. The van der Waals surface area contributed by atoms with Crippen LogP contribution in [-0.2, 0) is 0 Å². The van der Waals surface area contributed by atoms with Crippen LogP contribution < -0.4 is 9.64 Å². The average Bonchev–Trinajstić information content (AvgIpc) is 3.51. The van der Waals surface area contributed by atoms with E-state index in [0.717, 1.165) is 64.7 Å². The van der Waals surface area contributed by atoms with Crippen LogP contribution in [0, 0.1) is 12.3 Å². The molecule has 0 atom stereocenters. The fourth-order valence-electron chi connectivity index (χ4n) is 6.01. The fourth-order valence-corrected chi connectivity index (χ4v) is 7.08. The Morgan fingerprint density at radius 1 is 1.21 bits per heavy atom. The Kier molecular flexibility index (Phi) is 5.37. The Bertz CT molecular complexity index is 1600. The number of aromatic carboxylic acids is 1. The first-order valence-corrected chi connectivity index (χ1v) is 14.0. The number of carboxylic acids is 1. The van der Waals surface area contributed by atoms with E-state index in [0.29, 0.717) is 11.7 Å². The van der Waals surface area contributed by atoms with E-state index in [1.165, 1.54) is 40.9 Å². The Hall–Kier alpha value is -3.65. The molecule has 1 aliphatic heterocycles. The van der Waals surface area contributed by atoms with E-state index in [9.17, 15) is 9.90 Å². The van der Waals surface area contributed by atoms with Crippen molar-refractivity contribution in [2.75, 3.05) is 25.1 Å². The van der Waals surface area contributed by atoms with Gasteiger partial charge in [0.1, 0.15) is 22.7 Å². The van der Waals surface area contributed by atoms with Gasteiger partial charge in [-0.1, -0.05) is 46.8 Å². The minimum atomic E-state index is -0.962. The van der Waals surface area contributed by atoms with Crippen LogP contribution in [0.15, 0.2) is 47.0 Å². The van der Waals surface area contributed by atoms with E-state index in [1.807, 2.05) is 0 Å². The van der Waals surface area contributed by atoms with Gasteiger partial charge in [-0.3, -0.25) is 0 Å². The molecule has 38 heavy (non-hydrogen) atoms. The number of methoxy groups -OCH3 is 1. The number of carboxylic acid groups (broad SMARTS) is 1. The standard InChI is InChI=1S/C30H29N3O4S/c1-17-5-3-4-6-21(17)25-24(27(37-32-25)18-7-8-18)20-15-30(16-20)9-11-33(12-10-30)29-31-26-22(36-2)13-19(28(34)35)14-23(26)38-29/h3-6,13-15,18H,7-12,16H2,1-2H3,(H,34,35).